The minimum atomic E-state index is -0.496. The van der Waals surface area contributed by atoms with Crippen molar-refractivity contribution in [3.05, 3.63) is 67.7 Å². The molecule has 0 saturated carbocycles. The molecular formula is C14H12Cl2N2O3. The number of nitro benzene ring substituents is 1. The molecule has 2 rings (SSSR count). The first kappa shape index (κ1) is 15.6. The topological polar surface area (TPSA) is 78.4 Å². The van der Waals surface area contributed by atoms with E-state index in [-0.39, 0.29) is 12.3 Å². The van der Waals surface area contributed by atoms with Crippen LogP contribution in [-0.4, -0.2) is 4.92 Å². The van der Waals surface area contributed by atoms with Gasteiger partial charge >= 0.3 is 0 Å². The van der Waals surface area contributed by atoms with E-state index in [0.29, 0.717) is 27.9 Å². The molecule has 0 aliphatic rings. The molecule has 5 nitrogen and oxygen atoms in total. The Bertz CT molecular complexity index is 677. The van der Waals surface area contributed by atoms with Crippen LogP contribution >= 0.6 is 23.2 Å². The Hall–Kier alpha value is -1.82. The van der Waals surface area contributed by atoms with Gasteiger partial charge in [-0.05, 0) is 29.8 Å². The Morgan fingerprint density at radius 3 is 2.57 bits per heavy atom. The first-order valence-corrected chi connectivity index (χ1v) is 6.81. The summed E-state index contributed by atoms with van der Waals surface area (Å²) in [6, 6.07) is 9.60. The second-order valence-electron chi connectivity index (χ2n) is 4.29. The summed E-state index contributed by atoms with van der Waals surface area (Å²) in [5.41, 5.74) is 6.73. The van der Waals surface area contributed by atoms with Crippen molar-refractivity contribution in [2.45, 2.75) is 13.2 Å². The fourth-order valence-electron chi connectivity index (χ4n) is 1.77. The average Bonchev–Trinajstić information content (AvgIpc) is 2.46. The van der Waals surface area contributed by atoms with Crippen molar-refractivity contribution in [2.75, 3.05) is 0 Å². The molecule has 0 spiro atoms. The second-order valence-corrected chi connectivity index (χ2v) is 5.13. The molecule has 0 aromatic heterocycles. The maximum Gasteiger partial charge on any atom is 0.277 e. The van der Waals surface area contributed by atoms with E-state index in [2.05, 4.69) is 0 Å². The molecule has 0 fully saturated rings. The van der Waals surface area contributed by atoms with E-state index < -0.39 is 4.92 Å². The van der Waals surface area contributed by atoms with E-state index in [9.17, 15) is 10.1 Å². The van der Waals surface area contributed by atoms with Crippen molar-refractivity contribution in [3.8, 4) is 5.75 Å². The fourth-order valence-corrected chi connectivity index (χ4v) is 2.20. The van der Waals surface area contributed by atoms with Crippen LogP contribution in [-0.2, 0) is 13.2 Å². The zero-order valence-electron chi connectivity index (χ0n) is 10.9. The van der Waals surface area contributed by atoms with Crippen molar-refractivity contribution in [1.82, 2.24) is 0 Å². The smallest absolute Gasteiger partial charge is 0.277 e. The van der Waals surface area contributed by atoms with Crippen LogP contribution in [0.4, 0.5) is 5.69 Å². The van der Waals surface area contributed by atoms with Gasteiger partial charge in [-0.15, -0.1) is 0 Å². The van der Waals surface area contributed by atoms with Gasteiger partial charge < -0.3 is 10.5 Å². The SMILES string of the molecule is NCc1ccc(OCc2ccc(Cl)cc2[N+](=O)[O-])c(Cl)c1. The Labute approximate surface area is 131 Å². The Morgan fingerprint density at radius 1 is 1.19 bits per heavy atom. The Kier molecular flexibility index (Phi) is 5.01. The number of ether oxygens (including phenoxy) is 1. The summed E-state index contributed by atoms with van der Waals surface area (Å²) in [5.74, 6) is 0.443. The number of hydrogen-bond acceptors (Lipinski definition) is 4. The highest BCUT2D eigenvalue weighted by Gasteiger charge is 2.15. The zero-order chi connectivity index (χ0) is 15.4. The molecule has 2 aromatic rings. The highest BCUT2D eigenvalue weighted by molar-refractivity contribution is 6.32. The minimum absolute atomic E-state index is 0.0230. The van der Waals surface area contributed by atoms with Gasteiger partial charge in [0.1, 0.15) is 12.4 Å². The van der Waals surface area contributed by atoms with Crippen molar-refractivity contribution < 1.29 is 9.66 Å². The summed E-state index contributed by atoms with van der Waals surface area (Å²) in [6.45, 7) is 0.401. The standard InChI is InChI=1S/C14H12Cl2N2O3/c15-11-3-2-10(13(6-11)18(19)20)8-21-14-4-1-9(7-17)5-12(14)16/h1-6H,7-8,17H2. The lowest BCUT2D eigenvalue weighted by Crippen LogP contribution is -2.02. The summed E-state index contributed by atoms with van der Waals surface area (Å²) in [6.07, 6.45) is 0. The molecule has 0 heterocycles. The maximum atomic E-state index is 11.0. The van der Waals surface area contributed by atoms with Gasteiger partial charge in [0.25, 0.3) is 5.69 Å². The number of nitrogens with zero attached hydrogens (tertiary/aromatic N) is 1. The lowest BCUT2D eigenvalue weighted by atomic mass is 10.2. The number of nitro groups is 1. The number of benzene rings is 2. The van der Waals surface area contributed by atoms with E-state index in [4.69, 9.17) is 33.7 Å². The molecule has 0 aliphatic carbocycles. The van der Waals surface area contributed by atoms with Crippen LogP contribution in [0.25, 0.3) is 0 Å². The molecule has 2 N–H and O–H groups in total. The third kappa shape index (κ3) is 3.85. The van der Waals surface area contributed by atoms with E-state index in [1.54, 1.807) is 30.3 Å². The van der Waals surface area contributed by atoms with Gasteiger partial charge in [-0.3, -0.25) is 10.1 Å². The number of nitrogens with two attached hydrogens (primary N) is 1. The molecule has 7 heteroatoms. The van der Waals surface area contributed by atoms with Crippen LogP contribution in [0, 0.1) is 10.1 Å². The summed E-state index contributed by atoms with van der Waals surface area (Å²) < 4.78 is 5.53. The number of hydrogen-bond donors (Lipinski definition) is 1. The summed E-state index contributed by atoms with van der Waals surface area (Å²) in [4.78, 5) is 10.5. The van der Waals surface area contributed by atoms with Crippen molar-refractivity contribution >= 4 is 28.9 Å². The van der Waals surface area contributed by atoms with Crippen LogP contribution in [0.1, 0.15) is 11.1 Å². The highest BCUT2D eigenvalue weighted by Crippen LogP contribution is 2.28. The molecule has 0 amide bonds. The molecule has 0 aliphatic heterocycles. The molecule has 110 valence electrons. The fraction of sp³-hybridized carbons (Fsp3) is 0.143. The number of rotatable bonds is 5. The lowest BCUT2D eigenvalue weighted by Gasteiger charge is -2.09. The van der Waals surface area contributed by atoms with Gasteiger partial charge in [0, 0.05) is 17.6 Å². The van der Waals surface area contributed by atoms with Gasteiger partial charge in [-0.1, -0.05) is 29.3 Å². The molecule has 0 unspecified atom stereocenters. The predicted molar refractivity (Wildman–Crippen MR) is 81.8 cm³/mol. The molecule has 21 heavy (non-hydrogen) atoms. The quantitative estimate of drug-likeness (QED) is 0.666. The third-order valence-corrected chi connectivity index (χ3v) is 3.39. The summed E-state index contributed by atoms with van der Waals surface area (Å²) in [7, 11) is 0. The van der Waals surface area contributed by atoms with Gasteiger partial charge in [-0.25, -0.2) is 0 Å². The summed E-state index contributed by atoms with van der Waals surface area (Å²) in [5, 5.41) is 11.7. The van der Waals surface area contributed by atoms with Gasteiger partial charge in [0.2, 0.25) is 0 Å². The van der Waals surface area contributed by atoms with Crippen molar-refractivity contribution in [1.29, 1.82) is 0 Å². The van der Waals surface area contributed by atoms with Crippen molar-refractivity contribution in [2.24, 2.45) is 5.73 Å². The van der Waals surface area contributed by atoms with E-state index >= 15 is 0 Å². The zero-order valence-corrected chi connectivity index (χ0v) is 12.4. The lowest BCUT2D eigenvalue weighted by molar-refractivity contribution is -0.385. The van der Waals surface area contributed by atoms with Crippen LogP contribution < -0.4 is 10.5 Å². The molecule has 2 aromatic carbocycles. The predicted octanol–water partition coefficient (Wildman–Crippen LogP) is 3.94. The number of halogens is 2. The first-order valence-electron chi connectivity index (χ1n) is 6.05. The molecule has 0 radical (unpaired) electrons. The van der Waals surface area contributed by atoms with Gasteiger partial charge in [0.05, 0.1) is 15.5 Å². The monoisotopic (exact) mass is 326 g/mol. The van der Waals surface area contributed by atoms with E-state index in [1.165, 1.54) is 6.07 Å². The Balaban J connectivity index is 2.18. The normalized spacial score (nSPS) is 10.4. The molecular weight excluding hydrogens is 315 g/mol. The van der Waals surface area contributed by atoms with Crippen molar-refractivity contribution in [3.63, 3.8) is 0 Å². The van der Waals surface area contributed by atoms with E-state index in [0.717, 1.165) is 5.56 Å². The van der Waals surface area contributed by atoms with Crippen LogP contribution in [0.3, 0.4) is 0 Å². The minimum Gasteiger partial charge on any atom is -0.487 e. The first-order chi connectivity index (χ1) is 10.0. The molecule has 0 atom stereocenters. The van der Waals surface area contributed by atoms with Crippen LogP contribution in [0.15, 0.2) is 36.4 Å². The molecule has 0 saturated heterocycles. The second kappa shape index (κ2) is 6.76. The Morgan fingerprint density at radius 2 is 1.95 bits per heavy atom. The van der Waals surface area contributed by atoms with E-state index in [1.807, 2.05) is 0 Å². The van der Waals surface area contributed by atoms with Gasteiger partial charge in [0.15, 0.2) is 0 Å². The average molecular weight is 327 g/mol. The maximum absolute atomic E-state index is 11.0. The van der Waals surface area contributed by atoms with Gasteiger partial charge in [-0.2, -0.15) is 0 Å². The largest absolute Gasteiger partial charge is 0.487 e. The molecule has 0 bridgehead atoms. The van der Waals surface area contributed by atoms with Crippen LogP contribution in [0.2, 0.25) is 10.0 Å². The van der Waals surface area contributed by atoms with Crippen LogP contribution in [0.5, 0.6) is 5.75 Å². The third-order valence-electron chi connectivity index (χ3n) is 2.86. The highest BCUT2D eigenvalue weighted by atomic mass is 35.5. The summed E-state index contributed by atoms with van der Waals surface area (Å²) >= 11 is 11.8.